The number of carbonyl (C=O) groups is 1. The average molecular weight is 458 g/mol. The molecule has 0 fully saturated rings. The smallest absolute Gasteiger partial charge is 0.308 e. The Balaban J connectivity index is 1.45. The largest absolute Gasteiger partial charge is 0.426 e. The third-order valence-electron chi connectivity index (χ3n) is 5.33. The molecule has 1 heterocycles. The summed E-state index contributed by atoms with van der Waals surface area (Å²) >= 11 is 6.08. The van der Waals surface area contributed by atoms with Crippen LogP contribution >= 0.6 is 11.6 Å². The van der Waals surface area contributed by atoms with Gasteiger partial charge >= 0.3 is 5.97 Å². The molecule has 1 N–H and O–H groups in total. The fourth-order valence-corrected chi connectivity index (χ4v) is 3.84. The zero-order valence-corrected chi connectivity index (χ0v) is 19.0. The minimum Gasteiger partial charge on any atom is -0.426 e. The molecule has 0 radical (unpaired) electrons. The van der Waals surface area contributed by atoms with Crippen molar-refractivity contribution in [1.82, 2.24) is 4.98 Å². The number of esters is 1. The standard InChI is InChI=1S/C28H24ClNO3/c1-19(31)33-28-8-3-2-6-22(28)12-16-27(32)23-7-4-5-20(17-23)9-14-25-15-11-21-10-13-24(29)18-26(21)30-25/h2-11,13-15,17-18,27,32H,12,16H2,1H3/b14-9+/t27-/m0/s1. The molecule has 0 spiro atoms. The lowest BCUT2D eigenvalue weighted by Crippen LogP contribution is -2.05. The van der Waals surface area contributed by atoms with Crippen molar-refractivity contribution in [2.24, 2.45) is 0 Å². The van der Waals surface area contributed by atoms with E-state index in [9.17, 15) is 9.90 Å². The first-order chi connectivity index (χ1) is 16.0. The van der Waals surface area contributed by atoms with Crippen LogP contribution in [0.25, 0.3) is 23.1 Å². The Bertz CT molecular complexity index is 1320. The normalized spacial score (nSPS) is 12.2. The maximum Gasteiger partial charge on any atom is 0.308 e. The summed E-state index contributed by atoms with van der Waals surface area (Å²) in [6.45, 7) is 1.38. The van der Waals surface area contributed by atoms with Crippen LogP contribution in [-0.4, -0.2) is 16.1 Å². The molecule has 0 aliphatic rings. The van der Waals surface area contributed by atoms with E-state index in [1.54, 1.807) is 6.07 Å². The molecule has 4 nitrogen and oxygen atoms in total. The Labute approximate surface area is 198 Å². The van der Waals surface area contributed by atoms with Crippen LogP contribution in [0.15, 0.2) is 78.9 Å². The molecule has 0 amide bonds. The van der Waals surface area contributed by atoms with E-state index in [1.807, 2.05) is 84.9 Å². The van der Waals surface area contributed by atoms with Gasteiger partial charge in [0.15, 0.2) is 0 Å². The van der Waals surface area contributed by atoms with Crippen molar-refractivity contribution in [3.05, 3.63) is 106 Å². The quantitative estimate of drug-likeness (QED) is 0.249. The molecule has 4 rings (SSSR count). The third kappa shape index (κ3) is 6.07. The molecule has 0 aliphatic heterocycles. The van der Waals surface area contributed by atoms with Gasteiger partial charge in [0.25, 0.3) is 0 Å². The van der Waals surface area contributed by atoms with E-state index in [-0.39, 0.29) is 5.97 Å². The number of fused-ring (bicyclic) bond motifs is 1. The average Bonchev–Trinajstić information content (AvgIpc) is 2.81. The van der Waals surface area contributed by atoms with Crippen LogP contribution in [0.1, 0.15) is 41.8 Å². The molecule has 1 aromatic heterocycles. The van der Waals surface area contributed by atoms with Crippen LogP contribution in [0, 0.1) is 0 Å². The number of para-hydroxylation sites is 1. The fraction of sp³-hybridized carbons (Fsp3) is 0.143. The summed E-state index contributed by atoms with van der Waals surface area (Å²) in [6.07, 6.45) is 4.39. The molecule has 3 aromatic carbocycles. The van der Waals surface area contributed by atoms with Gasteiger partial charge in [-0.25, -0.2) is 4.98 Å². The topological polar surface area (TPSA) is 59.4 Å². The number of hydrogen-bond acceptors (Lipinski definition) is 4. The van der Waals surface area contributed by atoms with Crippen molar-refractivity contribution in [2.75, 3.05) is 0 Å². The van der Waals surface area contributed by atoms with E-state index in [0.717, 1.165) is 33.3 Å². The summed E-state index contributed by atoms with van der Waals surface area (Å²) in [7, 11) is 0. The summed E-state index contributed by atoms with van der Waals surface area (Å²) in [5.41, 5.74) is 4.38. The van der Waals surface area contributed by atoms with E-state index in [4.69, 9.17) is 16.3 Å². The number of rotatable bonds is 7. The summed E-state index contributed by atoms with van der Waals surface area (Å²) in [6, 6.07) is 24.8. The van der Waals surface area contributed by atoms with Crippen molar-refractivity contribution < 1.29 is 14.6 Å². The van der Waals surface area contributed by atoms with E-state index in [1.165, 1.54) is 6.92 Å². The number of carbonyl (C=O) groups excluding carboxylic acids is 1. The minimum atomic E-state index is -0.635. The molecule has 4 aromatic rings. The molecule has 166 valence electrons. The van der Waals surface area contributed by atoms with Gasteiger partial charge in [-0.3, -0.25) is 4.79 Å². The van der Waals surface area contributed by atoms with Crippen molar-refractivity contribution >= 4 is 40.6 Å². The van der Waals surface area contributed by atoms with Crippen molar-refractivity contribution in [3.8, 4) is 5.75 Å². The molecular formula is C28H24ClNO3. The van der Waals surface area contributed by atoms with Gasteiger partial charge in [0, 0.05) is 17.3 Å². The van der Waals surface area contributed by atoms with E-state index in [0.29, 0.717) is 23.6 Å². The highest BCUT2D eigenvalue weighted by Crippen LogP contribution is 2.25. The lowest BCUT2D eigenvalue weighted by atomic mass is 9.99. The first kappa shape index (κ1) is 22.7. The molecule has 0 bridgehead atoms. The van der Waals surface area contributed by atoms with Gasteiger partial charge in [0.05, 0.1) is 17.3 Å². The minimum absolute atomic E-state index is 0.355. The Morgan fingerprint density at radius 1 is 1.03 bits per heavy atom. The molecule has 1 atom stereocenters. The van der Waals surface area contributed by atoms with Gasteiger partial charge in [-0.2, -0.15) is 0 Å². The van der Waals surface area contributed by atoms with E-state index in [2.05, 4.69) is 4.98 Å². The van der Waals surface area contributed by atoms with Crippen LogP contribution in [-0.2, 0) is 11.2 Å². The second-order valence-electron chi connectivity index (χ2n) is 7.83. The molecule has 33 heavy (non-hydrogen) atoms. The summed E-state index contributed by atoms with van der Waals surface area (Å²) in [5.74, 6) is 0.185. The Morgan fingerprint density at radius 3 is 2.70 bits per heavy atom. The fourth-order valence-electron chi connectivity index (χ4n) is 3.67. The molecule has 0 saturated heterocycles. The number of halogens is 1. The number of aryl methyl sites for hydroxylation is 1. The maximum absolute atomic E-state index is 11.3. The number of ether oxygens (including phenoxy) is 1. The predicted octanol–water partition coefficient (Wildman–Crippen LogP) is 6.65. The van der Waals surface area contributed by atoms with Gasteiger partial charge in [-0.15, -0.1) is 0 Å². The number of aromatic nitrogens is 1. The monoisotopic (exact) mass is 457 g/mol. The van der Waals surface area contributed by atoms with Gasteiger partial charge < -0.3 is 9.84 Å². The lowest BCUT2D eigenvalue weighted by molar-refractivity contribution is -0.131. The van der Waals surface area contributed by atoms with Gasteiger partial charge in [-0.1, -0.05) is 66.2 Å². The molecule has 5 heteroatoms. The zero-order chi connectivity index (χ0) is 23.2. The first-order valence-corrected chi connectivity index (χ1v) is 11.1. The number of benzene rings is 3. The number of nitrogens with zero attached hydrogens (tertiary/aromatic N) is 1. The number of pyridine rings is 1. The Hall–Kier alpha value is -3.47. The van der Waals surface area contributed by atoms with Crippen LogP contribution < -0.4 is 4.74 Å². The zero-order valence-electron chi connectivity index (χ0n) is 18.2. The molecular weight excluding hydrogens is 434 g/mol. The third-order valence-corrected chi connectivity index (χ3v) is 5.57. The second-order valence-corrected chi connectivity index (χ2v) is 8.27. The van der Waals surface area contributed by atoms with Crippen LogP contribution in [0.4, 0.5) is 0 Å². The molecule has 0 unspecified atom stereocenters. The first-order valence-electron chi connectivity index (χ1n) is 10.8. The van der Waals surface area contributed by atoms with Crippen LogP contribution in [0.3, 0.4) is 0 Å². The summed E-state index contributed by atoms with van der Waals surface area (Å²) in [5, 5.41) is 12.5. The van der Waals surface area contributed by atoms with E-state index >= 15 is 0 Å². The number of hydrogen-bond donors (Lipinski definition) is 1. The van der Waals surface area contributed by atoms with Gasteiger partial charge in [-0.05, 0) is 65.9 Å². The predicted molar refractivity (Wildman–Crippen MR) is 133 cm³/mol. The van der Waals surface area contributed by atoms with Crippen molar-refractivity contribution in [2.45, 2.75) is 25.9 Å². The highest BCUT2D eigenvalue weighted by Gasteiger charge is 2.11. The number of aliphatic hydroxyl groups excluding tert-OH is 1. The van der Waals surface area contributed by atoms with Crippen LogP contribution in [0.5, 0.6) is 5.75 Å². The maximum atomic E-state index is 11.3. The number of aliphatic hydroxyl groups is 1. The molecule has 0 aliphatic carbocycles. The van der Waals surface area contributed by atoms with Gasteiger partial charge in [0.2, 0.25) is 0 Å². The Kier molecular flexibility index (Phi) is 7.18. The second kappa shape index (κ2) is 10.4. The summed E-state index contributed by atoms with van der Waals surface area (Å²) < 4.78 is 5.27. The Morgan fingerprint density at radius 2 is 1.85 bits per heavy atom. The van der Waals surface area contributed by atoms with Crippen molar-refractivity contribution in [1.29, 1.82) is 0 Å². The van der Waals surface area contributed by atoms with Crippen LogP contribution in [0.2, 0.25) is 5.02 Å². The van der Waals surface area contributed by atoms with E-state index < -0.39 is 6.10 Å². The van der Waals surface area contributed by atoms with Crippen molar-refractivity contribution in [3.63, 3.8) is 0 Å². The van der Waals surface area contributed by atoms with Gasteiger partial charge in [0.1, 0.15) is 5.75 Å². The molecule has 0 saturated carbocycles. The summed E-state index contributed by atoms with van der Waals surface area (Å²) in [4.78, 5) is 16.0. The lowest BCUT2D eigenvalue weighted by Gasteiger charge is -2.13. The highest BCUT2D eigenvalue weighted by molar-refractivity contribution is 6.31. The SMILES string of the molecule is CC(=O)Oc1ccccc1CC[C@H](O)c1cccc(/C=C/c2ccc3ccc(Cl)cc3n2)c1. The highest BCUT2D eigenvalue weighted by atomic mass is 35.5.